The summed E-state index contributed by atoms with van der Waals surface area (Å²) in [5.74, 6) is 1.44. The Bertz CT molecular complexity index is 3170. The van der Waals surface area contributed by atoms with E-state index in [1.807, 2.05) is 0 Å². The van der Waals surface area contributed by atoms with Crippen molar-refractivity contribution in [1.29, 1.82) is 0 Å². The summed E-state index contributed by atoms with van der Waals surface area (Å²) in [6.45, 7) is 0. The van der Waals surface area contributed by atoms with E-state index in [1.165, 1.54) is 37.7 Å². The second-order valence-corrected chi connectivity index (χ2v) is 13.8. The molecule has 1 N–H and O–H groups in total. The smallest absolute Gasteiger partial charge is 0.159 e. The standard InChI is InChI=1S/C49H31N3O/c1-3-12-34-27-36(24-19-30(34)9-1)40-15-7-17-43-45(40)46-41(16-8-18-44(46)53-43)49-51-47(37-25-20-31-10-2-4-13-35(31)28-37)50-48(52-49)38-26-23-33-22-21-32-11-5-6-14-39(32)42(33)29-38/h1-29,48H,(H,50,51,52). The SMILES string of the molecule is c1ccc2cc(C3=NC(c4ccc5ccc6ccccc6c5c4)NC(c4cccc5oc6cccc(-c7ccc8ccccc8c7)c6c45)=N3)ccc2c1. The summed E-state index contributed by atoms with van der Waals surface area (Å²) < 4.78 is 6.58. The number of rotatable bonds is 4. The lowest BCUT2D eigenvalue weighted by atomic mass is 9.95. The Morgan fingerprint density at radius 3 is 1.75 bits per heavy atom. The Morgan fingerprint density at radius 1 is 0.434 bits per heavy atom. The molecule has 0 saturated carbocycles. The largest absolute Gasteiger partial charge is 0.456 e. The number of hydrogen-bond acceptors (Lipinski definition) is 4. The number of benzene rings is 9. The highest BCUT2D eigenvalue weighted by molar-refractivity contribution is 6.24. The Balaban J connectivity index is 1.12. The minimum atomic E-state index is -0.374. The van der Waals surface area contributed by atoms with Crippen LogP contribution in [0.4, 0.5) is 0 Å². The minimum Gasteiger partial charge on any atom is -0.456 e. The fourth-order valence-electron chi connectivity index (χ4n) is 8.07. The Hall–Kier alpha value is -7.04. The van der Waals surface area contributed by atoms with Crippen molar-refractivity contribution in [3.63, 3.8) is 0 Å². The predicted octanol–water partition coefficient (Wildman–Crippen LogP) is 12.4. The predicted molar refractivity (Wildman–Crippen MR) is 221 cm³/mol. The van der Waals surface area contributed by atoms with Crippen molar-refractivity contribution in [2.24, 2.45) is 9.98 Å². The van der Waals surface area contributed by atoms with E-state index in [-0.39, 0.29) is 6.17 Å². The molecular formula is C49H31N3O. The maximum absolute atomic E-state index is 6.58. The zero-order valence-electron chi connectivity index (χ0n) is 28.6. The van der Waals surface area contributed by atoms with Gasteiger partial charge in [0.05, 0.1) is 0 Å². The molecule has 0 radical (unpaired) electrons. The third kappa shape index (κ3) is 4.91. The topological polar surface area (TPSA) is 49.9 Å². The van der Waals surface area contributed by atoms with Crippen LogP contribution in [0.15, 0.2) is 190 Å². The number of nitrogens with zero attached hydrogens (tertiary/aromatic N) is 2. The lowest BCUT2D eigenvalue weighted by Crippen LogP contribution is -2.33. The van der Waals surface area contributed by atoms with Crippen LogP contribution in [0.2, 0.25) is 0 Å². The molecule has 0 saturated heterocycles. The molecule has 10 aromatic rings. The van der Waals surface area contributed by atoms with Crippen molar-refractivity contribution >= 4 is 76.7 Å². The van der Waals surface area contributed by atoms with Crippen LogP contribution in [0.25, 0.3) is 76.2 Å². The highest BCUT2D eigenvalue weighted by atomic mass is 16.3. The van der Waals surface area contributed by atoms with E-state index in [0.29, 0.717) is 5.84 Å². The monoisotopic (exact) mass is 677 g/mol. The minimum absolute atomic E-state index is 0.374. The lowest BCUT2D eigenvalue weighted by molar-refractivity contribution is 0.668. The molecule has 1 aliphatic heterocycles. The zero-order chi connectivity index (χ0) is 34.9. The van der Waals surface area contributed by atoms with Crippen LogP contribution in [0, 0.1) is 0 Å². The molecule has 0 amide bonds. The normalized spacial score (nSPS) is 14.6. The van der Waals surface area contributed by atoms with E-state index in [9.17, 15) is 0 Å². The summed E-state index contributed by atoms with van der Waals surface area (Å²) in [6.07, 6.45) is -0.374. The van der Waals surface area contributed by atoms with Crippen molar-refractivity contribution in [2.45, 2.75) is 6.17 Å². The van der Waals surface area contributed by atoms with Crippen molar-refractivity contribution in [3.8, 4) is 11.1 Å². The van der Waals surface area contributed by atoms with Gasteiger partial charge >= 0.3 is 0 Å². The molecule has 1 aromatic heterocycles. The van der Waals surface area contributed by atoms with E-state index in [4.69, 9.17) is 14.4 Å². The Morgan fingerprint density at radius 2 is 1.00 bits per heavy atom. The van der Waals surface area contributed by atoms with Crippen LogP contribution in [-0.2, 0) is 0 Å². The molecule has 1 aliphatic rings. The molecule has 2 heterocycles. The summed E-state index contributed by atoms with van der Waals surface area (Å²) in [6, 6.07) is 62.3. The van der Waals surface area contributed by atoms with Gasteiger partial charge in [-0.3, -0.25) is 0 Å². The Labute approximate surface area is 305 Å². The van der Waals surface area contributed by atoms with Gasteiger partial charge in [-0.25, -0.2) is 9.98 Å². The first-order valence-electron chi connectivity index (χ1n) is 18.0. The van der Waals surface area contributed by atoms with Crippen LogP contribution in [0.5, 0.6) is 0 Å². The summed E-state index contributed by atoms with van der Waals surface area (Å²) in [5.41, 5.74) is 6.94. The van der Waals surface area contributed by atoms with Gasteiger partial charge in [0.2, 0.25) is 0 Å². The second-order valence-electron chi connectivity index (χ2n) is 13.8. The van der Waals surface area contributed by atoms with Gasteiger partial charge in [0.15, 0.2) is 5.84 Å². The van der Waals surface area contributed by atoms with Gasteiger partial charge in [-0.15, -0.1) is 0 Å². The van der Waals surface area contributed by atoms with E-state index in [1.54, 1.807) is 0 Å². The molecule has 4 nitrogen and oxygen atoms in total. The lowest BCUT2D eigenvalue weighted by Gasteiger charge is -2.24. The number of aliphatic imine (C=N–C) groups is 2. The number of furan rings is 1. The molecule has 0 fully saturated rings. The van der Waals surface area contributed by atoms with Gasteiger partial charge < -0.3 is 9.73 Å². The molecule has 248 valence electrons. The molecule has 1 unspecified atom stereocenters. The van der Waals surface area contributed by atoms with Gasteiger partial charge in [-0.2, -0.15) is 0 Å². The van der Waals surface area contributed by atoms with Crippen LogP contribution in [-0.4, -0.2) is 11.7 Å². The molecule has 0 aliphatic carbocycles. The van der Waals surface area contributed by atoms with E-state index in [0.717, 1.165) is 61.0 Å². The first-order valence-corrected chi connectivity index (χ1v) is 18.0. The van der Waals surface area contributed by atoms with Gasteiger partial charge in [-0.05, 0) is 90.1 Å². The van der Waals surface area contributed by atoms with Gasteiger partial charge in [0.25, 0.3) is 0 Å². The maximum Gasteiger partial charge on any atom is 0.159 e. The van der Waals surface area contributed by atoms with Gasteiger partial charge in [-0.1, -0.05) is 146 Å². The van der Waals surface area contributed by atoms with Crippen molar-refractivity contribution in [1.82, 2.24) is 5.32 Å². The summed E-state index contributed by atoms with van der Waals surface area (Å²) in [7, 11) is 0. The van der Waals surface area contributed by atoms with E-state index in [2.05, 4.69) is 181 Å². The number of amidine groups is 2. The molecule has 0 bridgehead atoms. The average Bonchev–Trinajstić information content (AvgIpc) is 3.62. The number of nitrogens with one attached hydrogen (secondary N) is 1. The third-order valence-electron chi connectivity index (χ3n) is 10.7. The van der Waals surface area contributed by atoms with Gasteiger partial charge in [0, 0.05) is 21.9 Å². The molecule has 4 heteroatoms. The zero-order valence-corrected chi connectivity index (χ0v) is 28.6. The van der Waals surface area contributed by atoms with Crippen LogP contribution in [0.3, 0.4) is 0 Å². The quantitative estimate of drug-likeness (QED) is 0.189. The highest BCUT2D eigenvalue weighted by Crippen LogP contribution is 2.40. The van der Waals surface area contributed by atoms with E-state index < -0.39 is 0 Å². The van der Waals surface area contributed by atoms with Crippen LogP contribution >= 0.6 is 0 Å². The fraction of sp³-hybridized carbons (Fsp3) is 0.0204. The second kappa shape index (κ2) is 11.8. The van der Waals surface area contributed by atoms with Crippen molar-refractivity contribution in [2.75, 3.05) is 0 Å². The summed E-state index contributed by atoms with van der Waals surface area (Å²) >= 11 is 0. The first-order chi connectivity index (χ1) is 26.2. The molecule has 1 atom stereocenters. The molecule has 53 heavy (non-hydrogen) atoms. The van der Waals surface area contributed by atoms with Crippen LogP contribution < -0.4 is 5.32 Å². The maximum atomic E-state index is 6.58. The summed E-state index contributed by atoms with van der Waals surface area (Å²) in [4.78, 5) is 10.6. The molecular weight excluding hydrogens is 647 g/mol. The van der Waals surface area contributed by atoms with Crippen molar-refractivity contribution < 1.29 is 4.42 Å². The first kappa shape index (κ1) is 29.7. The van der Waals surface area contributed by atoms with Crippen LogP contribution in [0.1, 0.15) is 22.9 Å². The highest BCUT2D eigenvalue weighted by Gasteiger charge is 2.25. The fourth-order valence-corrected chi connectivity index (χ4v) is 8.07. The molecule has 0 spiro atoms. The van der Waals surface area contributed by atoms with Crippen molar-refractivity contribution in [3.05, 3.63) is 193 Å². The number of hydrogen-bond donors (Lipinski definition) is 1. The molecule has 11 rings (SSSR count). The Kier molecular flexibility index (Phi) is 6.58. The summed E-state index contributed by atoms with van der Waals surface area (Å²) in [5, 5.41) is 15.5. The third-order valence-corrected chi connectivity index (χ3v) is 10.7. The average molecular weight is 678 g/mol. The number of fused-ring (bicyclic) bond motifs is 8. The molecule has 9 aromatic carbocycles. The van der Waals surface area contributed by atoms with Gasteiger partial charge in [0.1, 0.15) is 23.2 Å². The van der Waals surface area contributed by atoms with E-state index >= 15 is 0 Å².